The van der Waals surface area contributed by atoms with Gasteiger partial charge in [0.15, 0.2) is 5.96 Å². The van der Waals surface area contributed by atoms with Gasteiger partial charge in [0.1, 0.15) is 6.10 Å². The summed E-state index contributed by atoms with van der Waals surface area (Å²) in [6.45, 7) is 3.96. The van der Waals surface area contributed by atoms with Gasteiger partial charge in [-0.25, -0.2) is 9.98 Å². The average molecular weight is 340 g/mol. The Morgan fingerprint density at radius 2 is 2.16 bits per heavy atom. The molecule has 1 aliphatic rings. The van der Waals surface area contributed by atoms with Gasteiger partial charge in [0.2, 0.25) is 5.88 Å². The number of pyridine rings is 1. The smallest absolute Gasteiger partial charge is 0.213 e. The molecular formula is C19H24N4O2. The predicted molar refractivity (Wildman–Crippen MR) is 98.9 cm³/mol. The molecule has 2 heterocycles. The number of rotatable bonds is 6. The third-order valence-corrected chi connectivity index (χ3v) is 4.04. The lowest BCUT2D eigenvalue weighted by Crippen LogP contribution is -2.22. The highest BCUT2D eigenvalue weighted by molar-refractivity contribution is 5.92. The minimum absolute atomic E-state index is 0.0871. The van der Waals surface area contributed by atoms with Crippen LogP contribution in [0.4, 0.5) is 5.69 Å². The summed E-state index contributed by atoms with van der Waals surface area (Å²) in [6, 6.07) is 12.0. The van der Waals surface area contributed by atoms with Gasteiger partial charge < -0.3 is 20.5 Å². The van der Waals surface area contributed by atoms with Crippen LogP contribution in [0, 0.1) is 0 Å². The number of aliphatic imine (C=N–C) groups is 1. The molecule has 0 saturated carbocycles. The second-order valence-corrected chi connectivity index (χ2v) is 5.98. The van der Waals surface area contributed by atoms with E-state index in [1.165, 1.54) is 5.56 Å². The third kappa shape index (κ3) is 5.19. The van der Waals surface area contributed by atoms with Gasteiger partial charge in [-0.15, -0.1) is 0 Å². The number of nitrogens with zero attached hydrogens (tertiary/aromatic N) is 2. The summed E-state index contributed by atoms with van der Waals surface area (Å²) in [7, 11) is 0. The Morgan fingerprint density at radius 1 is 1.32 bits per heavy atom. The molecule has 2 aromatic rings. The molecule has 1 saturated heterocycles. The van der Waals surface area contributed by atoms with Crippen molar-refractivity contribution in [3.05, 3.63) is 53.7 Å². The van der Waals surface area contributed by atoms with Gasteiger partial charge in [-0.2, -0.15) is 0 Å². The minimum Gasteiger partial charge on any atom is -0.472 e. The van der Waals surface area contributed by atoms with E-state index in [2.05, 4.69) is 34.3 Å². The molecule has 0 spiro atoms. The number of guanidine groups is 1. The maximum absolute atomic E-state index is 5.97. The number of aryl methyl sites for hydroxylation is 1. The number of anilines is 1. The van der Waals surface area contributed by atoms with Crippen molar-refractivity contribution in [2.24, 2.45) is 10.7 Å². The first kappa shape index (κ1) is 17.2. The third-order valence-electron chi connectivity index (χ3n) is 4.04. The Kier molecular flexibility index (Phi) is 5.85. The molecule has 3 rings (SSSR count). The molecule has 1 aliphatic heterocycles. The maximum Gasteiger partial charge on any atom is 0.213 e. The highest BCUT2D eigenvalue weighted by Crippen LogP contribution is 2.16. The van der Waals surface area contributed by atoms with Gasteiger partial charge in [-0.1, -0.05) is 19.1 Å². The number of aromatic nitrogens is 1. The van der Waals surface area contributed by atoms with Crippen molar-refractivity contribution in [1.29, 1.82) is 0 Å². The van der Waals surface area contributed by atoms with Gasteiger partial charge in [0.05, 0.1) is 19.8 Å². The molecule has 0 radical (unpaired) electrons. The molecule has 1 fully saturated rings. The fourth-order valence-corrected chi connectivity index (χ4v) is 2.58. The Bertz CT molecular complexity index is 710. The monoisotopic (exact) mass is 340 g/mol. The molecule has 132 valence electrons. The van der Waals surface area contributed by atoms with E-state index in [0.29, 0.717) is 25.0 Å². The van der Waals surface area contributed by atoms with Gasteiger partial charge in [0, 0.05) is 24.4 Å². The zero-order chi connectivity index (χ0) is 17.5. The topological polar surface area (TPSA) is 81.8 Å². The lowest BCUT2D eigenvalue weighted by atomic mass is 10.1. The quantitative estimate of drug-likeness (QED) is 0.624. The molecule has 0 aliphatic carbocycles. The first-order chi connectivity index (χ1) is 12.2. The Balaban J connectivity index is 1.56. The lowest BCUT2D eigenvalue weighted by molar-refractivity contribution is 0.138. The normalized spacial score (nSPS) is 17.5. The summed E-state index contributed by atoms with van der Waals surface area (Å²) in [5, 5.41) is 3.10. The number of nitrogens with one attached hydrogen (secondary N) is 1. The number of nitrogens with two attached hydrogens (primary N) is 1. The number of ether oxygens (including phenoxy) is 2. The number of hydrogen-bond acceptors (Lipinski definition) is 4. The zero-order valence-electron chi connectivity index (χ0n) is 14.4. The van der Waals surface area contributed by atoms with E-state index < -0.39 is 0 Å². The van der Waals surface area contributed by atoms with Crippen molar-refractivity contribution in [3.63, 3.8) is 0 Å². The first-order valence-electron chi connectivity index (χ1n) is 8.58. The van der Waals surface area contributed by atoms with Crippen LogP contribution < -0.4 is 15.8 Å². The summed E-state index contributed by atoms with van der Waals surface area (Å²) < 4.78 is 11.1. The molecule has 25 heavy (non-hydrogen) atoms. The molecule has 3 N–H and O–H groups in total. The highest BCUT2D eigenvalue weighted by Gasteiger charge is 2.17. The van der Waals surface area contributed by atoms with Crippen LogP contribution >= 0.6 is 0 Å². The standard InChI is InChI=1S/C19H24N4O2/c1-2-14-3-5-16(6-4-14)23-19(20)22-12-15-7-9-21-18(11-15)25-17-8-10-24-13-17/h3-7,9,11,17H,2,8,10,12-13H2,1H3,(H3,20,22,23). The van der Waals surface area contributed by atoms with Crippen LogP contribution in [0.1, 0.15) is 24.5 Å². The van der Waals surface area contributed by atoms with Crippen molar-refractivity contribution in [3.8, 4) is 5.88 Å². The SMILES string of the molecule is CCc1ccc(NC(N)=NCc2ccnc(OC3CCOC3)c2)cc1. The van der Waals surface area contributed by atoms with Crippen LogP contribution in [-0.2, 0) is 17.7 Å². The van der Waals surface area contributed by atoms with Crippen LogP contribution in [-0.4, -0.2) is 30.3 Å². The lowest BCUT2D eigenvalue weighted by Gasteiger charge is -2.11. The Labute approximate surface area is 148 Å². The van der Waals surface area contributed by atoms with Crippen molar-refractivity contribution in [2.45, 2.75) is 32.4 Å². The molecule has 1 unspecified atom stereocenters. The van der Waals surface area contributed by atoms with E-state index >= 15 is 0 Å². The molecule has 1 atom stereocenters. The fourth-order valence-electron chi connectivity index (χ4n) is 2.58. The van der Waals surface area contributed by atoms with E-state index in [4.69, 9.17) is 15.2 Å². The molecule has 0 bridgehead atoms. The Hall–Kier alpha value is -2.60. The molecule has 0 amide bonds. The highest BCUT2D eigenvalue weighted by atomic mass is 16.5. The summed E-state index contributed by atoms with van der Waals surface area (Å²) in [5.74, 6) is 0.984. The van der Waals surface area contributed by atoms with Gasteiger partial charge in [-0.05, 0) is 35.7 Å². The van der Waals surface area contributed by atoms with E-state index in [1.54, 1.807) is 6.20 Å². The van der Waals surface area contributed by atoms with Crippen molar-refractivity contribution in [2.75, 3.05) is 18.5 Å². The Morgan fingerprint density at radius 3 is 2.88 bits per heavy atom. The van der Waals surface area contributed by atoms with Crippen molar-refractivity contribution in [1.82, 2.24) is 4.98 Å². The predicted octanol–water partition coefficient (Wildman–Crippen LogP) is 2.74. The molecule has 1 aromatic carbocycles. The van der Waals surface area contributed by atoms with Crippen LogP contribution in [0.5, 0.6) is 5.88 Å². The second kappa shape index (κ2) is 8.48. The van der Waals surface area contributed by atoms with Crippen LogP contribution in [0.15, 0.2) is 47.6 Å². The van der Waals surface area contributed by atoms with Crippen LogP contribution in [0.25, 0.3) is 0 Å². The number of benzene rings is 1. The van der Waals surface area contributed by atoms with Crippen molar-refractivity contribution >= 4 is 11.6 Å². The second-order valence-electron chi connectivity index (χ2n) is 5.98. The van der Waals surface area contributed by atoms with Gasteiger partial charge in [-0.3, -0.25) is 0 Å². The maximum atomic E-state index is 5.97. The van der Waals surface area contributed by atoms with Crippen LogP contribution in [0.2, 0.25) is 0 Å². The molecule has 6 nitrogen and oxygen atoms in total. The average Bonchev–Trinajstić information content (AvgIpc) is 3.14. The molecule has 1 aromatic heterocycles. The molecular weight excluding hydrogens is 316 g/mol. The first-order valence-corrected chi connectivity index (χ1v) is 8.58. The van der Waals surface area contributed by atoms with E-state index in [1.807, 2.05) is 24.3 Å². The van der Waals surface area contributed by atoms with E-state index in [9.17, 15) is 0 Å². The van der Waals surface area contributed by atoms with E-state index in [-0.39, 0.29) is 6.10 Å². The summed E-state index contributed by atoms with van der Waals surface area (Å²) in [4.78, 5) is 8.62. The van der Waals surface area contributed by atoms with Gasteiger partial charge in [0.25, 0.3) is 0 Å². The largest absolute Gasteiger partial charge is 0.472 e. The summed E-state index contributed by atoms with van der Waals surface area (Å²) in [6.07, 6.45) is 3.73. The number of hydrogen-bond donors (Lipinski definition) is 2. The van der Waals surface area contributed by atoms with Gasteiger partial charge >= 0.3 is 0 Å². The van der Waals surface area contributed by atoms with Crippen LogP contribution in [0.3, 0.4) is 0 Å². The minimum atomic E-state index is 0.0871. The fraction of sp³-hybridized carbons (Fsp3) is 0.368. The summed E-state index contributed by atoms with van der Waals surface area (Å²) in [5.41, 5.74) is 9.18. The van der Waals surface area contributed by atoms with Crippen molar-refractivity contribution < 1.29 is 9.47 Å². The summed E-state index contributed by atoms with van der Waals surface area (Å²) >= 11 is 0. The molecule has 6 heteroatoms. The zero-order valence-corrected chi connectivity index (χ0v) is 14.4. The van der Waals surface area contributed by atoms with E-state index in [0.717, 1.165) is 30.7 Å².